The number of halogens is 4. The highest BCUT2D eigenvalue weighted by molar-refractivity contribution is 5.90. The molecule has 1 atom stereocenters. The van der Waals surface area contributed by atoms with Crippen LogP contribution in [0.25, 0.3) is 0 Å². The van der Waals surface area contributed by atoms with Gasteiger partial charge in [0.2, 0.25) is 0 Å². The van der Waals surface area contributed by atoms with E-state index in [9.17, 15) is 23.2 Å². The largest absolute Gasteiger partial charge is 0.442 e. The Balaban J connectivity index is 1.39. The molecule has 0 bridgehead atoms. The molecule has 2 saturated heterocycles. The smallest absolute Gasteiger partial charge is 0.414 e. The number of alkyl halides is 2. The molecular formula is C22H22F4N6O5. The molecule has 0 aliphatic carbocycles. The number of urea groups is 1. The molecule has 2 fully saturated rings. The summed E-state index contributed by atoms with van der Waals surface area (Å²) in [5.41, 5.74) is -0.00984. The number of hydrogen-bond acceptors (Lipinski definition) is 7. The fourth-order valence-electron chi connectivity index (χ4n) is 3.79. The van der Waals surface area contributed by atoms with E-state index in [0.29, 0.717) is 5.69 Å². The average Bonchev–Trinajstić information content (AvgIpc) is 3.07. The number of nitrogens with zero attached hydrogens (tertiary/aromatic N) is 4. The molecule has 0 saturated carbocycles. The predicted molar refractivity (Wildman–Crippen MR) is 121 cm³/mol. The second kappa shape index (κ2) is 11.3. The van der Waals surface area contributed by atoms with Gasteiger partial charge in [0.1, 0.15) is 11.8 Å². The summed E-state index contributed by atoms with van der Waals surface area (Å²) in [6, 6.07) is 4.51. The van der Waals surface area contributed by atoms with Crippen molar-refractivity contribution in [2.75, 3.05) is 54.4 Å². The van der Waals surface area contributed by atoms with Gasteiger partial charge in [-0.25, -0.2) is 23.4 Å². The molecule has 198 valence electrons. The summed E-state index contributed by atoms with van der Waals surface area (Å²) < 4.78 is 59.7. The van der Waals surface area contributed by atoms with Crippen molar-refractivity contribution in [1.82, 2.24) is 15.4 Å². The van der Waals surface area contributed by atoms with Gasteiger partial charge in [-0.05, 0) is 12.1 Å². The summed E-state index contributed by atoms with van der Waals surface area (Å²) in [5.74, 6) is -3.45. The Kier molecular flexibility index (Phi) is 7.91. The zero-order valence-corrected chi connectivity index (χ0v) is 19.2. The third-order valence-electron chi connectivity index (χ3n) is 5.55. The summed E-state index contributed by atoms with van der Waals surface area (Å²) in [6.07, 6.45) is -2.14. The van der Waals surface area contributed by atoms with Gasteiger partial charge in [0.25, 0.3) is 5.91 Å². The topological polar surface area (TPSA) is 116 Å². The van der Waals surface area contributed by atoms with Crippen molar-refractivity contribution in [1.29, 1.82) is 0 Å². The number of aromatic nitrogens is 1. The number of nitrogens with one attached hydrogen (secondary N) is 2. The van der Waals surface area contributed by atoms with Crippen LogP contribution in [0.3, 0.4) is 0 Å². The van der Waals surface area contributed by atoms with Crippen LogP contribution in [0.5, 0.6) is 0 Å². The van der Waals surface area contributed by atoms with Gasteiger partial charge in [-0.3, -0.25) is 19.5 Å². The monoisotopic (exact) mass is 526 g/mol. The molecule has 2 aliphatic heterocycles. The highest BCUT2D eigenvalue weighted by Crippen LogP contribution is 2.31. The number of carbonyl (C=O) groups is 3. The van der Waals surface area contributed by atoms with Crippen LogP contribution >= 0.6 is 0 Å². The zero-order chi connectivity index (χ0) is 26.5. The summed E-state index contributed by atoms with van der Waals surface area (Å²) in [6.45, 7) is -0.497. The van der Waals surface area contributed by atoms with Crippen LogP contribution in [-0.2, 0) is 14.4 Å². The standard InChI is InChI=1S/C22H22F4N6O5/c23-16-9-14(31-12-15(37-22(31)35)11-28-20(33)19(25)26)10-17(24)18(16)30-5-6-32(36-8-7-30)21(34)29-13-1-3-27-4-2-13/h1-4,9-10,15,19H,5-8,11-12H2,(H,28,33)(H,27,29,34)/t15-/m0/s1. The van der Waals surface area contributed by atoms with Crippen molar-refractivity contribution in [2.24, 2.45) is 0 Å². The van der Waals surface area contributed by atoms with Gasteiger partial charge in [-0.1, -0.05) is 0 Å². The first-order valence-electron chi connectivity index (χ1n) is 11.1. The fraction of sp³-hybridized carbons (Fsp3) is 0.364. The lowest BCUT2D eigenvalue weighted by Gasteiger charge is -2.24. The molecule has 1 aromatic heterocycles. The maximum Gasteiger partial charge on any atom is 0.414 e. The SMILES string of the molecule is O=C(NC[C@H]1CN(c2cc(F)c(N3CCON(C(=O)Nc4ccncc4)CC3)c(F)c2)C(=O)O1)C(F)F. The lowest BCUT2D eigenvalue weighted by atomic mass is 10.2. The minimum Gasteiger partial charge on any atom is -0.442 e. The molecule has 0 unspecified atom stereocenters. The first-order chi connectivity index (χ1) is 17.7. The number of benzene rings is 1. The average molecular weight is 526 g/mol. The fourth-order valence-corrected chi connectivity index (χ4v) is 3.79. The Morgan fingerprint density at radius 3 is 2.49 bits per heavy atom. The van der Waals surface area contributed by atoms with Crippen LogP contribution in [-0.4, -0.2) is 79.9 Å². The maximum atomic E-state index is 15.1. The van der Waals surface area contributed by atoms with E-state index < -0.39 is 42.2 Å². The van der Waals surface area contributed by atoms with Crippen molar-refractivity contribution in [3.8, 4) is 0 Å². The molecule has 4 amide bonds. The summed E-state index contributed by atoms with van der Waals surface area (Å²) in [4.78, 5) is 47.2. The van der Waals surface area contributed by atoms with Crippen LogP contribution in [0.1, 0.15) is 0 Å². The molecule has 3 heterocycles. The molecule has 15 heteroatoms. The summed E-state index contributed by atoms with van der Waals surface area (Å²) >= 11 is 0. The Morgan fingerprint density at radius 2 is 1.81 bits per heavy atom. The third-order valence-corrected chi connectivity index (χ3v) is 5.55. The second-order valence-corrected chi connectivity index (χ2v) is 8.01. The van der Waals surface area contributed by atoms with Gasteiger partial charge in [0.15, 0.2) is 11.6 Å². The minimum atomic E-state index is -3.23. The first-order valence-corrected chi connectivity index (χ1v) is 11.1. The third kappa shape index (κ3) is 6.17. The highest BCUT2D eigenvalue weighted by atomic mass is 19.3. The van der Waals surface area contributed by atoms with E-state index in [0.717, 1.165) is 22.1 Å². The van der Waals surface area contributed by atoms with Crippen molar-refractivity contribution >= 4 is 35.1 Å². The number of anilines is 3. The van der Waals surface area contributed by atoms with E-state index in [1.807, 2.05) is 5.32 Å². The van der Waals surface area contributed by atoms with Crippen molar-refractivity contribution < 1.29 is 41.5 Å². The number of amides is 4. The van der Waals surface area contributed by atoms with Gasteiger partial charge < -0.3 is 20.3 Å². The summed E-state index contributed by atoms with van der Waals surface area (Å²) in [7, 11) is 0. The van der Waals surface area contributed by atoms with Crippen LogP contribution in [0, 0.1) is 11.6 Å². The normalized spacial score (nSPS) is 18.0. The first kappa shape index (κ1) is 25.9. The molecule has 0 spiro atoms. The number of hydrogen-bond donors (Lipinski definition) is 2. The lowest BCUT2D eigenvalue weighted by Crippen LogP contribution is -2.37. The Morgan fingerprint density at radius 1 is 1.11 bits per heavy atom. The number of carbonyl (C=O) groups excluding carboxylic acids is 3. The van der Waals surface area contributed by atoms with E-state index in [2.05, 4.69) is 10.3 Å². The number of cyclic esters (lactones) is 1. The van der Waals surface area contributed by atoms with Crippen molar-refractivity contribution in [2.45, 2.75) is 12.5 Å². The highest BCUT2D eigenvalue weighted by Gasteiger charge is 2.34. The quantitative estimate of drug-likeness (QED) is 0.556. The Hall–Kier alpha value is -4.14. The van der Waals surface area contributed by atoms with Crippen LogP contribution in [0.4, 0.5) is 44.2 Å². The van der Waals surface area contributed by atoms with Crippen molar-refractivity contribution in [3.05, 3.63) is 48.3 Å². The molecule has 37 heavy (non-hydrogen) atoms. The van der Waals surface area contributed by atoms with E-state index in [-0.39, 0.29) is 50.7 Å². The summed E-state index contributed by atoms with van der Waals surface area (Å²) in [5, 5.41) is 5.61. The van der Waals surface area contributed by atoms with Gasteiger partial charge in [0, 0.05) is 43.3 Å². The zero-order valence-electron chi connectivity index (χ0n) is 19.2. The van der Waals surface area contributed by atoms with Crippen LogP contribution < -0.4 is 20.4 Å². The number of pyridine rings is 1. The molecule has 2 aromatic rings. The molecule has 4 rings (SSSR count). The minimum absolute atomic E-state index is 0.00200. The molecule has 0 radical (unpaired) electrons. The molecule has 2 N–H and O–H groups in total. The van der Waals surface area contributed by atoms with E-state index in [1.54, 1.807) is 12.1 Å². The van der Waals surface area contributed by atoms with Gasteiger partial charge in [-0.2, -0.15) is 8.78 Å². The van der Waals surface area contributed by atoms with Gasteiger partial charge >= 0.3 is 18.5 Å². The maximum absolute atomic E-state index is 15.1. The molecule has 1 aromatic carbocycles. The van der Waals surface area contributed by atoms with Crippen LogP contribution in [0.2, 0.25) is 0 Å². The van der Waals surface area contributed by atoms with Crippen LogP contribution in [0.15, 0.2) is 36.7 Å². The molecule has 11 nitrogen and oxygen atoms in total. The number of ether oxygens (including phenoxy) is 1. The number of hydroxylamine groups is 2. The molecular weight excluding hydrogens is 504 g/mol. The predicted octanol–water partition coefficient (Wildman–Crippen LogP) is 2.35. The second-order valence-electron chi connectivity index (χ2n) is 8.01. The van der Waals surface area contributed by atoms with Crippen molar-refractivity contribution in [3.63, 3.8) is 0 Å². The number of rotatable bonds is 6. The van der Waals surface area contributed by atoms with Gasteiger partial charge in [0.05, 0.1) is 31.9 Å². The van der Waals surface area contributed by atoms with Gasteiger partial charge in [-0.15, -0.1) is 0 Å². The van der Waals surface area contributed by atoms with E-state index >= 15 is 8.78 Å². The lowest BCUT2D eigenvalue weighted by molar-refractivity contribution is -0.132. The Labute approximate surface area is 207 Å². The Bertz CT molecular complexity index is 1130. The van der Waals surface area contributed by atoms with E-state index in [1.165, 1.54) is 17.3 Å². The van der Waals surface area contributed by atoms with E-state index in [4.69, 9.17) is 9.57 Å². The molecule has 2 aliphatic rings.